The molecule has 0 aliphatic heterocycles. The number of amides is 3. The smallest absolute Gasteiger partial charge is 0.272 e. The average Bonchev–Trinajstić information content (AvgIpc) is 3.70. The van der Waals surface area contributed by atoms with Gasteiger partial charge < -0.3 is 34.9 Å². The normalized spacial score (nSPS) is 11.5. The number of thiazole rings is 1. The average molecular weight is 787 g/mol. The van der Waals surface area contributed by atoms with Crippen molar-refractivity contribution >= 4 is 57.7 Å². The standard InChI is InChI=1S/C43H38N4O7S2/c1-51-35-21-12-11-20-32(35)34-26-55-43(46-34)47-42(50)39(28-14-7-5-8-15-28)56-31-19-13-18-30(25-31)44-41(49)33(45-40(48)29-16-9-6-10-17-29)22-27-23-36(52-2)38(54-4)37(24-27)53-3/h5-26,39H,1-4H3,(H,44,49)(H,45,48)(H,46,47,50)/b33-22+. The van der Waals surface area contributed by atoms with Crippen LogP contribution in [-0.4, -0.2) is 51.1 Å². The number of hydrogen-bond acceptors (Lipinski definition) is 10. The van der Waals surface area contributed by atoms with Crippen LogP contribution in [0.3, 0.4) is 0 Å². The minimum Gasteiger partial charge on any atom is -0.496 e. The second-order valence-electron chi connectivity index (χ2n) is 12.0. The van der Waals surface area contributed by atoms with Crippen LogP contribution in [0.1, 0.15) is 26.7 Å². The van der Waals surface area contributed by atoms with Gasteiger partial charge in [0.1, 0.15) is 16.7 Å². The Labute approximate surface area is 332 Å². The lowest BCUT2D eigenvalue weighted by Crippen LogP contribution is -2.30. The summed E-state index contributed by atoms with van der Waals surface area (Å²) in [6.07, 6.45) is 1.52. The van der Waals surface area contributed by atoms with Gasteiger partial charge in [0.15, 0.2) is 16.6 Å². The molecule has 1 unspecified atom stereocenters. The van der Waals surface area contributed by atoms with Crippen molar-refractivity contribution in [1.82, 2.24) is 10.3 Å². The van der Waals surface area contributed by atoms with Crippen molar-refractivity contribution in [3.63, 3.8) is 0 Å². The predicted molar refractivity (Wildman–Crippen MR) is 221 cm³/mol. The zero-order valence-corrected chi connectivity index (χ0v) is 32.5. The maximum absolute atomic E-state index is 14.0. The van der Waals surface area contributed by atoms with Gasteiger partial charge in [-0.2, -0.15) is 0 Å². The number of carbonyl (C=O) groups excluding carboxylic acids is 3. The van der Waals surface area contributed by atoms with Crippen LogP contribution in [-0.2, 0) is 9.59 Å². The maximum Gasteiger partial charge on any atom is 0.272 e. The fourth-order valence-electron chi connectivity index (χ4n) is 5.66. The first-order valence-electron chi connectivity index (χ1n) is 17.2. The fraction of sp³-hybridized carbons (Fsp3) is 0.116. The third kappa shape index (κ3) is 9.56. The van der Waals surface area contributed by atoms with Crippen LogP contribution in [0, 0.1) is 0 Å². The van der Waals surface area contributed by atoms with Crippen molar-refractivity contribution in [2.45, 2.75) is 10.1 Å². The van der Waals surface area contributed by atoms with Crippen molar-refractivity contribution in [1.29, 1.82) is 0 Å². The molecule has 0 aliphatic carbocycles. The molecule has 56 heavy (non-hydrogen) atoms. The highest BCUT2D eigenvalue weighted by molar-refractivity contribution is 8.00. The van der Waals surface area contributed by atoms with Gasteiger partial charge in [-0.05, 0) is 71.8 Å². The molecular weight excluding hydrogens is 749 g/mol. The third-order valence-corrected chi connectivity index (χ3v) is 10.3. The van der Waals surface area contributed by atoms with Crippen molar-refractivity contribution in [3.8, 4) is 34.3 Å². The summed E-state index contributed by atoms with van der Waals surface area (Å²) in [6, 6.07) is 36.0. The fourth-order valence-corrected chi connectivity index (χ4v) is 7.46. The molecular formula is C43H38N4O7S2. The number of ether oxygens (including phenoxy) is 4. The molecule has 0 saturated heterocycles. The topological polar surface area (TPSA) is 137 Å². The molecule has 1 atom stereocenters. The molecule has 3 amide bonds. The van der Waals surface area contributed by atoms with Gasteiger partial charge in [-0.25, -0.2) is 4.98 Å². The number of rotatable bonds is 15. The van der Waals surface area contributed by atoms with E-state index in [1.165, 1.54) is 50.5 Å². The highest BCUT2D eigenvalue weighted by atomic mass is 32.2. The molecule has 0 aliphatic rings. The van der Waals surface area contributed by atoms with E-state index in [2.05, 4.69) is 20.9 Å². The number of hydrogen-bond donors (Lipinski definition) is 3. The van der Waals surface area contributed by atoms with E-state index in [-0.39, 0.29) is 11.6 Å². The van der Waals surface area contributed by atoms with E-state index >= 15 is 0 Å². The van der Waals surface area contributed by atoms with Crippen LogP contribution in [0.2, 0.25) is 0 Å². The van der Waals surface area contributed by atoms with Gasteiger partial charge in [0.2, 0.25) is 11.7 Å². The third-order valence-electron chi connectivity index (χ3n) is 8.33. The Bertz CT molecular complexity index is 2320. The van der Waals surface area contributed by atoms with Crippen molar-refractivity contribution < 1.29 is 33.3 Å². The van der Waals surface area contributed by atoms with E-state index in [0.29, 0.717) is 55.5 Å². The molecule has 6 aromatic rings. The molecule has 6 rings (SSSR count). The molecule has 0 radical (unpaired) electrons. The van der Waals surface area contributed by atoms with E-state index in [0.717, 1.165) is 11.1 Å². The first kappa shape index (κ1) is 39.1. The summed E-state index contributed by atoms with van der Waals surface area (Å²) in [5.41, 5.74) is 3.57. The molecule has 5 aromatic carbocycles. The lowest BCUT2D eigenvalue weighted by molar-refractivity contribution is -0.116. The Morgan fingerprint density at radius 1 is 0.714 bits per heavy atom. The van der Waals surface area contributed by atoms with Crippen LogP contribution in [0.25, 0.3) is 17.3 Å². The zero-order valence-electron chi connectivity index (χ0n) is 30.9. The summed E-state index contributed by atoms with van der Waals surface area (Å²) < 4.78 is 22.0. The van der Waals surface area contributed by atoms with Crippen LogP contribution in [0.15, 0.2) is 137 Å². The molecule has 0 saturated carbocycles. The van der Waals surface area contributed by atoms with Gasteiger partial charge in [-0.3, -0.25) is 14.4 Å². The Balaban J connectivity index is 1.25. The molecule has 3 N–H and O–H groups in total. The molecule has 0 spiro atoms. The number of thioether (sulfide) groups is 1. The van der Waals surface area contributed by atoms with Crippen molar-refractivity contribution in [2.75, 3.05) is 39.1 Å². The van der Waals surface area contributed by atoms with Gasteiger partial charge in [0, 0.05) is 27.1 Å². The van der Waals surface area contributed by atoms with E-state index < -0.39 is 17.1 Å². The number of aromatic nitrogens is 1. The molecule has 13 heteroatoms. The molecule has 1 aromatic heterocycles. The lowest BCUT2D eigenvalue weighted by Gasteiger charge is -2.17. The largest absolute Gasteiger partial charge is 0.496 e. The summed E-state index contributed by atoms with van der Waals surface area (Å²) in [5.74, 6) is 0.486. The molecule has 0 fully saturated rings. The van der Waals surface area contributed by atoms with E-state index in [1.807, 2.05) is 66.0 Å². The quantitative estimate of drug-likeness (QED) is 0.0690. The summed E-state index contributed by atoms with van der Waals surface area (Å²) in [6.45, 7) is 0. The summed E-state index contributed by atoms with van der Waals surface area (Å²) >= 11 is 2.64. The molecule has 1 heterocycles. The molecule has 0 bridgehead atoms. The van der Waals surface area contributed by atoms with Crippen molar-refractivity contribution in [2.24, 2.45) is 0 Å². The van der Waals surface area contributed by atoms with Crippen LogP contribution < -0.4 is 34.9 Å². The first-order chi connectivity index (χ1) is 27.3. The SMILES string of the molecule is COc1ccccc1-c1csc(NC(=O)C(Sc2cccc(NC(=O)/C(=C\c3cc(OC)c(OC)c(OC)c3)NC(=O)c3ccccc3)c2)c2ccccc2)n1. The van der Waals surface area contributed by atoms with E-state index in [4.69, 9.17) is 18.9 Å². The molecule has 11 nitrogen and oxygen atoms in total. The second kappa shape index (κ2) is 18.7. The second-order valence-corrected chi connectivity index (χ2v) is 14.0. The zero-order chi connectivity index (χ0) is 39.4. The summed E-state index contributed by atoms with van der Waals surface area (Å²) in [4.78, 5) is 46.6. The van der Waals surface area contributed by atoms with E-state index in [9.17, 15) is 14.4 Å². The van der Waals surface area contributed by atoms with Crippen LogP contribution in [0.4, 0.5) is 10.8 Å². The van der Waals surface area contributed by atoms with Crippen LogP contribution >= 0.6 is 23.1 Å². The number of nitrogens with zero attached hydrogens (tertiary/aromatic N) is 1. The number of nitrogens with one attached hydrogen (secondary N) is 3. The Hall–Kier alpha value is -6.57. The Morgan fingerprint density at radius 3 is 2.05 bits per heavy atom. The van der Waals surface area contributed by atoms with Gasteiger partial charge in [-0.1, -0.05) is 66.7 Å². The summed E-state index contributed by atoms with van der Waals surface area (Å²) in [7, 11) is 6.08. The predicted octanol–water partition coefficient (Wildman–Crippen LogP) is 8.73. The van der Waals surface area contributed by atoms with Gasteiger partial charge in [-0.15, -0.1) is 23.1 Å². The Morgan fingerprint density at radius 2 is 1.38 bits per heavy atom. The number of anilines is 2. The van der Waals surface area contributed by atoms with Gasteiger partial charge >= 0.3 is 0 Å². The number of para-hydroxylation sites is 1. The van der Waals surface area contributed by atoms with E-state index in [1.54, 1.807) is 67.8 Å². The highest BCUT2D eigenvalue weighted by Gasteiger charge is 2.24. The molecule has 284 valence electrons. The lowest BCUT2D eigenvalue weighted by atomic mass is 10.1. The monoisotopic (exact) mass is 786 g/mol. The van der Waals surface area contributed by atoms with Crippen molar-refractivity contribution in [3.05, 3.63) is 149 Å². The number of benzene rings is 5. The van der Waals surface area contributed by atoms with Gasteiger partial charge in [0.25, 0.3) is 11.8 Å². The maximum atomic E-state index is 14.0. The number of carbonyl (C=O) groups is 3. The minimum absolute atomic E-state index is 0.0383. The highest BCUT2D eigenvalue weighted by Crippen LogP contribution is 2.40. The first-order valence-corrected chi connectivity index (χ1v) is 19.0. The summed E-state index contributed by atoms with van der Waals surface area (Å²) in [5, 5.41) is 10.3. The number of methoxy groups -OCH3 is 4. The van der Waals surface area contributed by atoms with Gasteiger partial charge in [0.05, 0.1) is 34.1 Å². The minimum atomic E-state index is -0.665. The van der Waals surface area contributed by atoms with Crippen LogP contribution in [0.5, 0.6) is 23.0 Å². The Kier molecular flexibility index (Phi) is 13.0.